The van der Waals surface area contributed by atoms with Gasteiger partial charge in [0, 0.05) is 12.6 Å². The summed E-state index contributed by atoms with van der Waals surface area (Å²) in [6.07, 6.45) is 1.02. The lowest BCUT2D eigenvalue weighted by Gasteiger charge is -2.36. The van der Waals surface area contributed by atoms with Crippen molar-refractivity contribution in [1.29, 1.82) is 0 Å². The molecule has 1 heterocycles. The Hall–Kier alpha value is -2.04. The lowest BCUT2D eigenvalue weighted by Crippen LogP contribution is -2.47. The summed E-state index contributed by atoms with van der Waals surface area (Å²) < 4.78 is 5.52. The van der Waals surface area contributed by atoms with Gasteiger partial charge in [0.15, 0.2) is 6.61 Å². The van der Waals surface area contributed by atoms with Crippen LogP contribution in [0.3, 0.4) is 0 Å². The summed E-state index contributed by atoms with van der Waals surface area (Å²) in [6, 6.07) is 7.49. The Balaban J connectivity index is 1.88. The first-order valence-electron chi connectivity index (χ1n) is 7.19. The topological polar surface area (TPSA) is 66.8 Å². The normalized spacial score (nSPS) is 21.9. The van der Waals surface area contributed by atoms with E-state index < -0.39 is 5.97 Å². The molecular formula is C16H21NO4. The number of carboxylic acids is 1. The highest BCUT2D eigenvalue weighted by atomic mass is 16.5. The molecule has 2 rings (SSSR count). The summed E-state index contributed by atoms with van der Waals surface area (Å²) >= 11 is 0. The molecule has 0 radical (unpaired) electrons. The molecule has 1 amide bonds. The van der Waals surface area contributed by atoms with E-state index in [9.17, 15) is 9.59 Å². The van der Waals surface area contributed by atoms with E-state index in [4.69, 9.17) is 9.84 Å². The van der Waals surface area contributed by atoms with Gasteiger partial charge in [-0.15, -0.1) is 0 Å². The molecule has 0 aliphatic carbocycles. The number of carbonyl (C=O) groups is 2. The third-order valence-corrected chi connectivity index (χ3v) is 3.90. The highest BCUT2D eigenvalue weighted by molar-refractivity contribution is 5.78. The van der Waals surface area contributed by atoms with E-state index in [-0.39, 0.29) is 24.5 Å². The largest absolute Gasteiger partial charge is 0.484 e. The lowest BCUT2D eigenvalue weighted by molar-refractivity contribution is -0.148. The highest BCUT2D eigenvalue weighted by Crippen LogP contribution is 2.23. The molecule has 0 bridgehead atoms. The van der Waals surface area contributed by atoms with E-state index in [1.807, 2.05) is 38.1 Å². The van der Waals surface area contributed by atoms with E-state index in [1.165, 1.54) is 0 Å². The molecule has 21 heavy (non-hydrogen) atoms. The maximum absolute atomic E-state index is 12.2. The number of nitrogens with zero attached hydrogens (tertiary/aromatic N) is 1. The van der Waals surface area contributed by atoms with E-state index in [0.29, 0.717) is 25.1 Å². The first-order valence-corrected chi connectivity index (χ1v) is 7.19. The van der Waals surface area contributed by atoms with Crippen molar-refractivity contribution in [2.75, 3.05) is 13.2 Å². The molecule has 1 aromatic carbocycles. The predicted octanol–water partition coefficient (Wildman–Crippen LogP) is 2.09. The number of rotatable bonds is 4. The number of likely N-dealkylation sites (tertiary alicyclic amines) is 1. The zero-order valence-electron chi connectivity index (χ0n) is 12.4. The molecule has 0 aromatic heterocycles. The Morgan fingerprint density at radius 3 is 2.81 bits per heavy atom. The van der Waals surface area contributed by atoms with Crippen molar-refractivity contribution in [3.8, 4) is 5.75 Å². The molecule has 1 aromatic rings. The third kappa shape index (κ3) is 3.97. The molecule has 1 fully saturated rings. The fourth-order valence-corrected chi connectivity index (χ4v) is 2.70. The van der Waals surface area contributed by atoms with Crippen molar-refractivity contribution >= 4 is 11.9 Å². The number of hydrogen-bond donors (Lipinski definition) is 1. The van der Waals surface area contributed by atoms with Crippen LogP contribution in [0.15, 0.2) is 24.3 Å². The van der Waals surface area contributed by atoms with E-state index >= 15 is 0 Å². The van der Waals surface area contributed by atoms with Crippen LogP contribution in [0.5, 0.6) is 5.75 Å². The van der Waals surface area contributed by atoms with Crippen molar-refractivity contribution in [3.05, 3.63) is 29.8 Å². The first kappa shape index (κ1) is 15.4. The molecule has 5 heteroatoms. The summed E-state index contributed by atoms with van der Waals surface area (Å²) in [5, 5.41) is 9.03. The second-order valence-electron chi connectivity index (χ2n) is 5.60. The van der Waals surface area contributed by atoms with Crippen molar-refractivity contribution in [2.24, 2.45) is 5.92 Å². The monoisotopic (exact) mass is 291 g/mol. The van der Waals surface area contributed by atoms with Crippen molar-refractivity contribution in [2.45, 2.75) is 32.7 Å². The van der Waals surface area contributed by atoms with Gasteiger partial charge in [-0.05, 0) is 44.4 Å². The average Bonchev–Trinajstić information content (AvgIpc) is 2.44. The van der Waals surface area contributed by atoms with Crippen LogP contribution in [0.4, 0.5) is 0 Å². The molecule has 1 aliphatic heterocycles. The molecule has 0 spiro atoms. The zero-order valence-corrected chi connectivity index (χ0v) is 12.4. The molecule has 1 aliphatic rings. The quantitative estimate of drug-likeness (QED) is 0.922. The second kappa shape index (κ2) is 6.61. The van der Waals surface area contributed by atoms with Gasteiger partial charge in [0.1, 0.15) is 5.75 Å². The average molecular weight is 291 g/mol. The van der Waals surface area contributed by atoms with E-state index in [2.05, 4.69) is 0 Å². The van der Waals surface area contributed by atoms with Crippen molar-refractivity contribution < 1.29 is 19.4 Å². The van der Waals surface area contributed by atoms with Crippen LogP contribution in [0.25, 0.3) is 0 Å². The van der Waals surface area contributed by atoms with Crippen LogP contribution in [-0.4, -0.2) is 41.1 Å². The molecule has 1 saturated heterocycles. The first-order chi connectivity index (χ1) is 9.97. The van der Waals surface area contributed by atoms with Gasteiger partial charge in [0.25, 0.3) is 5.91 Å². The molecule has 2 unspecified atom stereocenters. The predicted molar refractivity (Wildman–Crippen MR) is 78.2 cm³/mol. The number of carbonyl (C=O) groups excluding carboxylic acids is 1. The molecule has 1 N–H and O–H groups in total. The van der Waals surface area contributed by atoms with E-state index in [1.54, 1.807) is 4.90 Å². The van der Waals surface area contributed by atoms with Crippen molar-refractivity contribution in [3.63, 3.8) is 0 Å². The van der Waals surface area contributed by atoms with Gasteiger partial charge in [-0.1, -0.05) is 12.1 Å². The Labute approximate surface area is 124 Å². The fourth-order valence-electron chi connectivity index (χ4n) is 2.70. The van der Waals surface area contributed by atoms with Gasteiger partial charge in [0.05, 0.1) is 5.92 Å². The SMILES string of the molecule is Cc1cccc(OCC(=O)N2CCC(C(=O)O)CC2C)c1. The van der Waals surface area contributed by atoms with E-state index in [0.717, 1.165) is 5.56 Å². The van der Waals surface area contributed by atoms with Gasteiger partial charge in [-0.3, -0.25) is 9.59 Å². The Morgan fingerprint density at radius 1 is 1.43 bits per heavy atom. The Bertz CT molecular complexity index is 529. The number of carboxylic acid groups (broad SMARTS) is 1. The maximum atomic E-state index is 12.2. The molecule has 2 atom stereocenters. The summed E-state index contributed by atoms with van der Waals surface area (Å²) in [5.41, 5.74) is 1.08. The summed E-state index contributed by atoms with van der Waals surface area (Å²) in [6.45, 7) is 4.33. The number of piperidine rings is 1. The van der Waals surface area contributed by atoms with Crippen LogP contribution >= 0.6 is 0 Å². The third-order valence-electron chi connectivity index (χ3n) is 3.90. The van der Waals surface area contributed by atoms with Gasteiger partial charge < -0.3 is 14.7 Å². The standard InChI is InChI=1S/C16H21NO4/c1-11-4-3-5-14(8-11)21-10-15(18)17-7-6-13(16(19)20)9-12(17)2/h3-5,8,12-13H,6-7,9-10H2,1-2H3,(H,19,20). The minimum absolute atomic E-state index is 0.00840. The molecule has 0 saturated carbocycles. The summed E-state index contributed by atoms with van der Waals surface area (Å²) in [5.74, 6) is -0.532. The van der Waals surface area contributed by atoms with Crippen molar-refractivity contribution in [1.82, 2.24) is 4.90 Å². The Kier molecular flexibility index (Phi) is 4.83. The maximum Gasteiger partial charge on any atom is 0.306 e. The van der Waals surface area contributed by atoms with Crippen LogP contribution in [-0.2, 0) is 9.59 Å². The fraction of sp³-hybridized carbons (Fsp3) is 0.500. The van der Waals surface area contributed by atoms with Crippen LogP contribution in [0, 0.1) is 12.8 Å². The number of amides is 1. The second-order valence-corrected chi connectivity index (χ2v) is 5.60. The van der Waals surface area contributed by atoms with Gasteiger partial charge in [-0.2, -0.15) is 0 Å². The minimum Gasteiger partial charge on any atom is -0.484 e. The van der Waals surface area contributed by atoms with Gasteiger partial charge in [-0.25, -0.2) is 0 Å². The molecular weight excluding hydrogens is 270 g/mol. The number of aryl methyl sites for hydroxylation is 1. The summed E-state index contributed by atoms with van der Waals surface area (Å²) in [7, 11) is 0. The number of hydrogen-bond acceptors (Lipinski definition) is 3. The summed E-state index contributed by atoms with van der Waals surface area (Å²) in [4.78, 5) is 24.9. The van der Waals surface area contributed by atoms with Crippen LogP contribution < -0.4 is 4.74 Å². The number of benzene rings is 1. The Morgan fingerprint density at radius 2 is 2.19 bits per heavy atom. The zero-order chi connectivity index (χ0) is 15.4. The lowest BCUT2D eigenvalue weighted by atomic mass is 9.92. The molecule has 5 nitrogen and oxygen atoms in total. The van der Waals surface area contributed by atoms with Gasteiger partial charge >= 0.3 is 5.97 Å². The molecule has 114 valence electrons. The minimum atomic E-state index is -0.773. The van der Waals surface area contributed by atoms with Crippen LogP contribution in [0.2, 0.25) is 0 Å². The van der Waals surface area contributed by atoms with Gasteiger partial charge in [0.2, 0.25) is 0 Å². The highest BCUT2D eigenvalue weighted by Gasteiger charge is 2.32. The van der Waals surface area contributed by atoms with Crippen LogP contribution in [0.1, 0.15) is 25.3 Å². The number of ether oxygens (including phenoxy) is 1. The smallest absolute Gasteiger partial charge is 0.306 e. The number of aliphatic carboxylic acids is 1.